The number of hydrogen-bond donors (Lipinski definition) is 1. The third-order valence-electron chi connectivity index (χ3n) is 1.18. The van der Waals surface area contributed by atoms with Crippen molar-refractivity contribution >= 4 is 5.97 Å². The fourth-order valence-corrected chi connectivity index (χ4v) is 0.557. The molecule has 0 radical (unpaired) electrons. The van der Waals surface area contributed by atoms with Gasteiger partial charge in [-0.05, 0) is 13.3 Å². The predicted octanol–water partition coefficient (Wildman–Crippen LogP) is 0.711. The van der Waals surface area contributed by atoms with Crippen LogP contribution in [0.3, 0.4) is 0 Å². The first-order valence-electron chi connectivity index (χ1n) is 3.54. The number of esters is 1. The molecule has 0 aliphatic heterocycles. The van der Waals surface area contributed by atoms with E-state index in [1.807, 2.05) is 6.92 Å². The normalized spacial score (nSPS) is 12.7. The topological polar surface area (TPSA) is 46.5 Å². The Morgan fingerprint density at radius 3 is 2.60 bits per heavy atom. The summed E-state index contributed by atoms with van der Waals surface area (Å²) in [5.41, 5.74) is 0. The van der Waals surface area contributed by atoms with Crippen molar-refractivity contribution in [3.05, 3.63) is 0 Å². The summed E-state index contributed by atoms with van der Waals surface area (Å²) in [4.78, 5) is 10.6. The van der Waals surface area contributed by atoms with Crippen LogP contribution in [0.2, 0.25) is 0 Å². The van der Waals surface area contributed by atoms with Crippen molar-refractivity contribution in [2.24, 2.45) is 0 Å². The monoisotopic (exact) mass is 146 g/mol. The van der Waals surface area contributed by atoms with Crippen molar-refractivity contribution in [2.45, 2.75) is 32.8 Å². The Hall–Kier alpha value is -0.570. The SMILES string of the molecule is CCOC(=O)C[C@H](O)CC. The highest BCUT2D eigenvalue weighted by atomic mass is 16.5. The molecule has 0 heterocycles. The highest BCUT2D eigenvalue weighted by molar-refractivity contribution is 5.69. The molecule has 0 saturated heterocycles. The van der Waals surface area contributed by atoms with E-state index in [-0.39, 0.29) is 12.4 Å². The fourth-order valence-electron chi connectivity index (χ4n) is 0.557. The van der Waals surface area contributed by atoms with E-state index in [0.29, 0.717) is 13.0 Å². The smallest absolute Gasteiger partial charge is 0.308 e. The van der Waals surface area contributed by atoms with Gasteiger partial charge in [0.1, 0.15) is 0 Å². The molecule has 10 heavy (non-hydrogen) atoms. The van der Waals surface area contributed by atoms with Gasteiger partial charge in [0, 0.05) is 0 Å². The van der Waals surface area contributed by atoms with E-state index < -0.39 is 6.10 Å². The maximum absolute atomic E-state index is 10.6. The quantitative estimate of drug-likeness (QED) is 0.594. The van der Waals surface area contributed by atoms with E-state index in [1.165, 1.54) is 0 Å². The van der Waals surface area contributed by atoms with Crippen LogP contribution in [-0.2, 0) is 9.53 Å². The average Bonchev–Trinajstić information content (AvgIpc) is 1.88. The first-order chi connectivity index (χ1) is 4.70. The van der Waals surface area contributed by atoms with Gasteiger partial charge in [-0.2, -0.15) is 0 Å². The second-order valence-electron chi connectivity index (χ2n) is 2.07. The van der Waals surface area contributed by atoms with E-state index >= 15 is 0 Å². The minimum atomic E-state index is -0.543. The minimum absolute atomic E-state index is 0.115. The molecule has 0 aromatic rings. The Balaban J connectivity index is 3.37. The van der Waals surface area contributed by atoms with Crippen molar-refractivity contribution in [3.8, 4) is 0 Å². The Kier molecular flexibility index (Phi) is 4.94. The van der Waals surface area contributed by atoms with Crippen LogP contribution in [0.15, 0.2) is 0 Å². The third-order valence-corrected chi connectivity index (χ3v) is 1.18. The zero-order valence-electron chi connectivity index (χ0n) is 6.46. The molecule has 0 amide bonds. The lowest BCUT2D eigenvalue weighted by Gasteiger charge is -2.05. The number of aliphatic hydroxyl groups excluding tert-OH is 1. The Morgan fingerprint density at radius 1 is 1.60 bits per heavy atom. The fraction of sp³-hybridized carbons (Fsp3) is 0.857. The zero-order valence-corrected chi connectivity index (χ0v) is 6.46. The van der Waals surface area contributed by atoms with Crippen molar-refractivity contribution < 1.29 is 14.6 Å². The highest BCUT2D eigenvalue weighted by Gasteiger charge is 2.08. The summed E-state index contributed by atoms with van der Waals surface area (Å²) in [6.07, 6.45) is 0.169. The van der Waals surface area contributed by atoms with Gasteiger partial charge in [-0.15, -0.1) is 0 Å². The number of aliphatic hydroxyl groups is 1. The lowest BCUT2D eigenvalue weighted by molar-refractivity contribution is -0.145. The van der Waals surface area contributed by atoms with Gasteiger partial charge in [0.05, 0.1) is 19.1 Å². The van der Waals surface area contributed by atoms with Crippen LogP contribution >= 0.6 is 0 Å². The van der Waals surface area contributed by atoms with Crippen molar-refractivity contribution in [3.63, 3.8) is 0 Å². The molecular weight excluding hydrogens is 132 g/mol. The lowest BCUT2D eigenvalue weighted by atomic mass is 10.2. The molecule has 0 rings (SSSR count). The van der Waals surface area contributed by atoms with Gasteiger partial charge in [0.2, 0.25) is 0 Å². The maximum Gasteiger partial charge on any atom is 0.308 e. The minimum Gasteiger partial charge on any atom is -0.466 e. The molecule has 0 aromatic heterocycles. The van der Waals surface area contributed by atoms with Gasteiger partial charge in [-0.1, -0.05) is 6.92 Å². The summed E-state index contributed by atoms with van der Waals surface area (Å²) < 4.78 is 4.62. The third kappa shape index (κ3) is 4.32. The van der Waals surface area contributed by atoms with E-state index in [9.17, 15) is 4.79 Å². The van der Waals surface area contributed by atoms with Gasteiger partial charge in [-0.3, -0.25) is 4.79 Å². The van der Waals surface area contributed by atoms with E-state index in [4.69, 9.17) is 5.11 Å². The van der Waals surface area contributed by atoms with Crippen LogP contribution < -0.4 is 0 Å². The standard InChI is InChI=1S/C7H14O3/c1-3-6(8)5-7(9)10-4-2/h6,8H,3-5H2,1-2H3/t6-/m1/s1. The van der Waals surface area contributed by atoms with Crippen LogP contribution in [0.1, 0.15) is 26.7 Å². The molecule has 3 heteroatoms. The summed E-state index contributed by atoms with van der Waals surface area (Å²) in [6, 6.07) is 0. The Labute approximate surface area is 61.0 Å². The molecule has 0 bridgehead atoms. The molecule has 1 N–H and O–H groups in total. The number of ether oxygens (including phenoxy) is 1. The summed E-state index contributed by atoms with van der Waals surface area (Å²) in [5.74, 6) is -0.322. The summed E-state index contributed by atoms with van der Waals surface area (Å²) in [5, 5.41) is 8.95. The lowest BCUT2D eigenvalue weighted by Crippen LogP contribution is -2.14. The van der Waals surface area contributed by atoms with Gasteiger partial charge in [0.25, 0.3) is 0 Å². The number of carbonyl (C=O) groups excluding carboxylic acids is 1. The molecule has 0 spiro atoms. The van der Waals surface area contributed by atoms with Crippen LogP contribution in [0.25, 0.3) is 0 Å². The van der Waals surface area contributed by atoms with Crippen molar-refractivity contribution in [1.82, 2.24) is 0 Å². The number of carbonyl (C=O) groups is 1. The van der Waals surface area contributed by atoms with E-state index in [1.54, 1.807) is 6.92 Å². The largest absolute Gasteiger partial charge is 0.466 e. The van der Waals surface area contributed by atoms with Crippen LogP contribution in [0, 0.1) is 0 Å². The average molecular weight is 146 g/mol. The van der Waals surface area contributed by atoms with Crippen molar-refractivity contribution in [2.75, 3.05) is 6.61 Å². The van der Waals surface area contributed by atoms with Gasteiger partial charge in [0.15, 0.2) is 0 Å². The van der Waals surface area contributed by atoms with Crippen LogP contribution in [-0.4, -0.2) is 23.8 Å². The van der Waals surface area contributed by atoms with Gasteiger partial charge < -0.3 is 9.84 Å². The predicted molar refractivity (Wildman–Crippen MR) is 37.5 cm³/mol. The van der Waals surface area contributed by atoms with E-state index in [0.717, 1.165) is 0 Å². The molecular formula is C7H14O3. The van der Waals surface area contributed by atoms with Gasteiger partial charge >= 0.3 is 5.97 Å². The molecule has 0 unspecified atom stereocenters. The Bertz CT molecular complexity index is 101. The first kappa shape index (κ1) is 9.43. The van der Waals surface area contributed by atoms with Crippen LogP contribution in [0.5, 0.6) is 0 Å². The van der Waals surface area contributed by atoms with E-state index in [2.05, 4.69) is 4.74 Å². The summed E-state index contributed by atoms with van der Waals surface area (Å²) >= 11 is 0. The summed E-state index contributed by atoms with van der Waals surface area (Å²) in [6.45, 7) is 3.95. The first-order valence-corrected chi connectivity index (χ1v) is 3.54. The zero-order chi connectivity index (χ0) is 7.98. The van der Waals surface area contributed by atoms with Crippen LogP contribution in [0.4, 0.5) is 0 Å². The molecule has 0 aliphatic carbocycles. The second-order valence-corrected chi connectivity index (χ2v) is 2.07. The molecule has 3 nitrogen and oxygen atoms in total. The molecule has 0 aliphatic rings. The number of rotatable bonds is 4. The maximum atomic E-state index is 10.6. The highest BCUT2D eigenvalue weighted by Crippen LogP contribution is 1.97. The molecule has 0 fully saturated rings. The second kappa shape index (κ2) is 5.23. The number of hydrogen-bond acceptors (Lipinski definition) is 3. The molecule has 1 atom stereocenters. The molecule has 60 valence electrons. The molecule has 0 aromatic carbocycles. The van der Waals surface area contributed by atoms with Gasteiger partial charge in [-0.25, -0.2) is 0 Å². The van der Waals surface area contributed by atoms with Crippen molar-refractivity contribution in [1.29, 1.82) is 0 Å². The Morgan fingerprint density at radius 2 is 2.20 bits per heavy atom. The summed E-state index contributed by atoms with van der Waals surface area (Å²) in [7, 11) is 0. The molecule has 0 saturated carbocycles.